The Morgan fingerprint density at radius 2 is 2.00 bits per heavy atom. The van der Waals surface area contributed by atoms with Crippen molar-refractivity contribution in [2.45, 2.75) is 12.8 Å². The Bertz CT molecular complexity index is 265. The number of carboxylic acid groups (broad SMARTS) is 1. The van der Waals surface area contributed by atoms with Crippen molar-refractivity contribution >= 4 is 11.9 Å². The summed E-state index contributed by atoms with van der Waals surface area (Å²) in [5.74, 6) is -1.19. The molecule has 1 aliphatic carbocycles. The van der Waals surface area contributed by atoms with E-state index in [0.29, 0.717) is 12.0 Å². The average molecular weight is 198 g/mol. The van der Waals surface area contributed by atoms with E-state index in [0.717, 1.165) is 13.1 Å². The second-order valence-corrected chi connectivity index (χ2v) is 4.32. The number of hydrogen-bond donors (Lipinski definition) is 2. The van der Waals surface area contributed by atoms with Gasteiger partial charge in [-0.3, -0.25) is 14.5 Å². The molecule has 0 aromatic heterocycles. The fraction of sp³-hybridized carbons (Fsp3) is 0.778. The molecule has 78 valence electrons. The smallest absolute Gasteiger partial charge is 0.322 e. The summed E-state index contributed by atoms with van der Waals surface area (Å²) in [5, 5.41) is 10.7. The SMILES string of the molecule is O=C(O)CNC(=O)CN1CC2(CC2)C1. The third kappa shape index (κ3) is 2.04. The number of carbonyl (C=O) groups excluding carboxylic acids is 1. The maximum absolute atomic E-state index is 11.2. The van der Waals surface area contributed by atoms with Gasteiger partial charge in [0.1, 0.15) is 6.54 Å². The molecule has 0 atom stereocenters. The number of carbonyl (C=O) groups is 2. The summed E-state index contributed by atoms with van der Waals surface area (Å²) in [6.07, 6.45) is 2.58. The van der Waals surface area contributed by atoms with Crippen LogP contribution in [0.1, 0.15) is 12.8 Å². The largest absolute Gasteiger partial charge is 0.480 e. The summed E-state index contributed by atoms with van der Waals surface area (Å²) in [4.78, 5) is 23.4. The Hall–Kier alpha value is -1.10. The van der Waals surface area contributed by atoms with E-state index in [9.17, 15) is 9.59 Å². The van der Waals surface area contributed by atoms with Gasteiger partial charge in [-0.15, -0.1) is 0 Å². The predicted octanol–water partition coefficient (Wildman–Crippen LogP) is -0.717. The lowest BCUT2D eigenvalue weighted by molar-refractivity contribution is -0.138. The van der Waals surface area contributed by atoms with Gasteiger partial charge in [0.25, 0.3) is 0 Å². The first-order valence-corrected chi connectivity index (χ1v) is 4.81. The van der Waals surface area contributed by atoms with Gasteiger partial charge in [0.05, 0.1) is 6.54 Å². The van der Waals surface area contributed by atoms with Crippen molar-refractivity contribution in [3.05, 3.63) is 0 Å². The Labute approximate surface area is 82.1 Å². The van der Waals surface area contributed by atoms with Crippen molar-refractivity contribution in [3.63, 3.8) is 0 Å². The number of carboxylic acids is 1. The monoisotopic (exact) mass is 198 g/mol. The average Bonchev–Trinajstić information content (AvgIpc) is 2.80. The second kappa shape index (κ2) is 3.24. The minimum atomic E-state index is -0.999. The van der Waals surface area contributed by atoms with Gasteiger partial charge in [-0.2, -0.15) is 0 Å². The molecule has 14 heavy (non-hydrogen) atoms. The van der Waals surface area contributed by atoms with E-state index >= 15 is 0 Å². The Balaban J connectivity index is 1.61. The standard InChI is InChI=1S/C9H14N2O3/c12-7(10-3-8(13)14)4-11-5-9(6-11)1-2-9/h1-6H2,(H,10,12)(H,13,14). The molecule has 2 aliphatic rings. The van der Waals surface area contributed by atoms with Crippen molar-refractivity contribution in [3.8, 4) is 0 Å². The lowest BCUT2D eigenvalue weighted by atomic mass is 9.97. The van der Waals surface area contributed by atoms with Crippen LogP contribution in [0.3, 0.4) is 0 Å². The van der Waals surface area contributed by atoms with Crippen molar-refractivity contribution in [2.75, 3.05) is 26.2 Å². The zero-order chi connectivity index (χ0) is 10.2. The lowest BCUT2D eigenvalue weighted by Crippen LogP contribution is -2.52. The molecule has 0 unspecified atom stereocenters. The maximum Gasteiger partial charge on any atom is 0.322 e. The maximum atomic E-state index is 11.2. The van der Waals surface area contributed by atoms with Gasteiger partial charge in [0, 0.05) is 13.1 Å². The molecule has 0 bridgehead atoms. The summed E-state index contributed by atoms with van der Waals surface area (Å²) in [7, 11) is 0. The molecule has 2 rings (SSSR count). The summed E-state index contributed by atoms with van der Waals surface area (Å²) < 4.78 is 0. The van der Waals surface area contributed by atoms with Gasteiger partial charge < -0.3 is 10.4 Å². The number of likely N-dealkylation sites (tertiary alicyclic amines) is 1. The molecule has 1 saturated carbocycles. The van der Waals surface area contributed by atoms with Crippen LogP contribution in [0.2, 0.25) is 0 Å². The van der Waals surface area contributed by atoms with Gasteiger partial charge in [-0.05, 0) is 18.3 Å². The van der Waals surface area contributed by atoms with Crippen LogP contribution in [-0.2, 0) is 9.59 Å². The number of rotatable bonds is 4. The van der Waals surface area contributed by atoms with Crippen molar-refractivity contribution in [1.82, 2.24) is 10.2 Å². The van der Waals surface area contributed by atoms with E-state index in [-0.39, 0.29) is 12.5 Å². The van der Waals surface area contributed by atoms with Gasteiger partial charge >= 0.3 is 5.97 Å². The van der Waals surface area contributed by atoms with Crippen molar-refractivity contribution < 1.29 is 14.7 Å². The van der Waals surface area contributed by atoms with Crippen LogP contribution >= 0.6 is 0 Å². The fourth-order valence-corrected chi connectivity index (χ4v) is 1.94. The zero-order valence-corrected chi connectivity index (χ0v) is 7.95. The fourth-order valence-electron chi connectivity index (χ4n) is 1.94. The summed E-state index contributed by atoms with van der Waals surface area (Å²) in [5.41, 5.74) is 0.549. The summed E-state index contributed by atoms with van der Waals surface area (Å²) >= 11 is 0. The molecule has 2 N–H and O–H groups in total. The highest BCUT2D eigenvalue weighted by atomic mass is 16.4. The third-order valence-electron chi connectivity index (χ3n) is 2.88. The Morgan fingerprint density at radius 1 is 1.36 bits per heavy atom. The van der Waals surface area contributed by atoms with Crippen LogP contribution in [0.5, 0.6) is 0 Å². The van der Waals surface area contributed by atoms with Gasteiger partial charge in [-0.1, -0.05) is 0 Å². The number of hydrogen-bond acceptors (Lipinski definition) is 3. The molecule has 1 aliphatic heterocycles. The van der Waals surface area contributed by atoms with Gasteiger partial charge in [0.15, 0.2) is 0 Å². The summed E-state index contributed by atoms with van der Waals surface area (Å²) in [6.45, 7) is 2.08. The molecule has 5 nitrogen and oxygen atoms in total. The topological polar surface area (TPSA) is 69.6 Å². The highest BCUT2D eigenvalue weighted by Gasteiger charge is 2.52. The van der Waals surface area contributed by atoms with E-state index in [1.54, 1.807) is 0 Å². The zero-order valence-electron chi connectivity index (χ0n) is 7.95. The molecule has 1 spiro atoms. The third-order valence-corrected chi connectivity index (χ3v) is 2.88. The van der Waals surface area contributed by atoms with Crippen LogP contribution in [-0.4, -0.2) is 48.1 Å². The Morgan fingerprint density at radius 3 is 2.50 bits per heavy atom. The van der Waals surface area contributed by atoms with E-state index in [1.165, 1.54) is 12.8 Å². The van der Waals surface area contributed by atoms with Crippen molar-refractivity contribution in [1.29, 1.82) is 0 Å². The first-order valence-electron chi connectivity index (χ1n) is 4.81. The Kier molecular flexibility index (Phi) is 2.19. The molecule has 1 heterocycles. The van der Waals surface area contributed by atoms with E-state index in [4.69, 9.17) is 5.11 Å². The van der Waals surface area contributed by atoms with E-state index in [2.05, 4.69) is 10.2 Å². The van der Waals surface area contributed by atoms with Crippen LogP contribution in [0.25, 0.3) is 0 Å². The van der Waals surface area contributed by atoms with Crippen LogP contribution < -0.4 is 5.32 Å². The normalized spacial score (nSPS) is 22.9. The number of aliphatic carboxylic acids is 1. The highest BCUT2D eigenvalue weighted by Crippen LogP contribution is 2.52. The molecule has 0 aromatic carbocycles. The van der Waals surface area contributed by atoms with Gasteiger partial charge in [0.2, 0.25) is 5.91 Å². The molecular formula is C9H14N2O3. The molecule has 0 aromatic rings. The number of nitrogens with one attached hydrogen (secondary N) is 1. The second-order valence-electron chi connectivity index (χ2n) is 4.32. The number of nitrogens with zero attached hydrogens (tertiary/aromatic N) is 1. The van der Waals surface area contributed by atoms with Gasteiger partial charge in [-0.25, -0.2) is 0 Å². The van der Waals surface area contributed by atoms with Crippen molar-refractivity contribution in [2.24, 2.45) is 5.41 Å². The van der Waals surface area contributed by atoms with Crippen LogP contribution in [0.4, 0.5) is 0 Å². The van der Waals surface area contributed by atoms with E-state index < -0.39 is 5.97 Å². The van der Waals surface area contributed by atoms with Crippen LogP contribution in [0.15, 0.2) is 0 Å². The minimum Gasteiger partial charge on any atom is -0.480 e. The molecule has 1 saturated heterocycles. The molecule has 1 amide bonds. The molecular weight excluding hydrogens is 184 g/mol. The lowest BCUT2D eigenvalue weighted by Gasteiger charge is -2.39. The first kappa shape index (κ1) is 9.45. The number of amides is 1. The van der Waals surface area contributed by atoms with Crippen LogP contribution in [0, 0.1) is 5.41 Å². The molecule has 2 fully saturated rings. The quantitative estimate of drug-likeness (QED) is 0.625. The summed E-state index contributed by atoms with van der Waals surface area (Å²) in [6, 6.07) is 0. The van der Waals surface area contributed by atoms with E-state index in [1.807, 2.05) is 0 Å². The highest BCUT2D eigenvalue weighted by molar-refractivity contribution is 5.82. The predicted molar refractivity (Wildman–Crippen MR) is 48.8 cm³/mol. The first-order chi connectivity index (χ1) is 6.60. The molecule has 5 heteroatoms. The molecule has 0 radical (unpaired) electrons. The minimum absolute atomic E-state index is 0.192.